The minimum Gasteiger partial charge on any atom is -0.486 e. The lowest BCUT2D eigenvalue weighted by atomic mass is 10.2. The van der Waals surface area contributed by atoms with E-state index in [9.17, 15) is 4.79 Å². The highest BCUT2D eigenvalue weighted by atomic mass is 16.6. The van der Waals surface area contributed by atoms with Crippen LogP contribution in [0.25, 0.3) is 0 Å². The van der Waals surface area contributed by atoms with E-state index in [0.29, 0.717) is 62.5 Å². The second-order valence-electron chi connectivity index (χ2n) is 8.44. The Morgan fingerprint density at radius 3 is 2.32 bits per heavy atom. The van der Waals surface area contributed by atoms with Crippen LogP contribution in [-0.4, -0.2) is 60.3 Å². The molecule has 2 aliphatic rings. The van der Waals surface area contributed by atoms with E-state index in [1.807, 2.05) is 54.3 Å². The van der Waals surface area contributed by atoms with Crippen molar-refractivity contribution in [3.63, 3.8) is 0 Å². The summed E-state index contributed by atoms with van der Waals surface area (Å²) in [5.74, 6) is 2.78. The van der Waals surface area contributed by atoms with E-state index in [2.05, 4.69) is 27.4 Å². The van der Waals surface area contributed by atoms with Crippen LogP contribution >= 0.6 is 0 Å². The third-order valence-electron chi connectivity index (χ3n) is 5.83. The topological polar surface area (TPSA) is 91.9 Å². The quantitative estimate of drug-likeness (QED) is 0.609. The third-order valence-corrected chi connectivity index (χ3v) is 5.83. The van der Waals surface area contributed by atoms with Crippen molar-refractivity contribution in [1.82, 2.24) is 14.9 Å². The highest BCUT2D eigenvalue weighted by Crippen LogP contribution is 2.32. The predicted molar refractivity (Wildman–Crippen MR) is 131 cm³/mol. The molecule has 2 N–H and O–H groups in total. The molecule has 0 radical (unpaired) electrons. The molecule has 1 saturated heterocycles. The number of ether oxygens (including phenoxy) is 2. The van der Waals surface area contributed by atoms with Crippen LogP contribution in [0.1, 0.15) is 11.3 Å². The Morgan fingerprint density at radius 1 is 0.853 bits per heavy atom. The van der Waals surface area contributed by atoms with E-state index in [0.717, 1.165) is 17.2 Å². The number of carbonyl (C=O) groups is 1. The van der Waals surface area contributed by atoms with Crippen LogP contribution in [0.2, 0.25) is 0 Å². The Kier molecular flexibility index (Phi) is 6.07. The molecule has 34 heavy (non-hydrogen) atoms. The van der Waals surface area contributed by atoms with E-state index >= 15 is 0 Å². The molecule has 2 amide bonds. The minimum atomic E-state index is -0.128. The van der Waals surface area contributed by atoms with Crippen LogP contribution in [-0.2, 0) is 0 Å². The summed E-state index contributed by atoms with van der Waals surface area (Å²) >= 11 is 0. The molecule has 0 saturated carbocycles. The number of piperazine rings is 1. The molecule has 0 aliphatic carbocycles. The molecule has 0 unspecified atom stereocenters. The van der Waals surface area contributed by atoms with Gasteiger partial charge in [-0.2, -0.15) is 4.98 Å². The maximum atomic E-state index is 12.8. The zero-order valence-corrected chi connectivity index (χ0v) is 19.4. The Balaban J connectivity index is 1.20. The lowest BCUT2D eigenvalue weighted by Gasteiger charge is -2.35. The predicted octanol–water partition coefficient (Wildman–Crippen LogP) is 3.96. The fraction of sp³-hybridized carbons (Fsp3) is 0.320. The summed E-state index contributed by atoms with van der Waals surface area (Å²) in [6.45, 7) is 7.64. The second kappa shape index (κ2) is 9.46. The van der Waals surface area contributed by atoms with Crippen LogP contribution < -0.4 is 25.0 Å². The smallest absolute Gasteiger partial charge is 0.321 e. The molecular formula is C25H28N6O3. The lowest BCUT2D eigenvalue weighted by Crippen LogP contribution is -2.50. The molecule has 176 valence electrons. The van der Waals surface area contributed by atoms with Gasteiger partial charge in [-0.05, 0) is 38.1 Å². The van der Waals surface area contributed by atoms with Gasteiger partial charge in [0.25, 0.3) is 0 Å². The lowest BCUT2D eigenvalue weighted by molar-refractivity contribution is 0.171. The fourth-order valence-electron chi connectivity index (χ4n) is 4.00. The van der Waals surface area contributed by atoms with Gasteiger partial charge in [0.15, 0.2) is 11.5 Å². The van der Waals surface area contributed by atoms with Crippen LogP contribution in [0.5, 0.6) is 11.5 Å². The number of amides is 2. The first-order chi connectivity index (χ1) is 16.5. The van der Waals surface area contributed by atoms with Gasteiger partial charge in [-0.1, -0.05) is 17.7 Å². The Labute approximate surface area is 198 Å². The number of nitrogens with one attached hydrogen (secondary N) is 2. The summed E-state index contributed by atoms with van der Waals surface area (Å²) in [4.78, 5) is 26.0. The van der Waals surface area contributed by atoms with Crippen LogP contribution in [0.4, 0.5) is 27.9 Å². The van der Waals surface area contributed by atoms with E-state index in [4.69, 9.17) is 14.5 Å². The molecule has 1 aromatic heterocycles. The van der Waals surface area contributed by atoms with Gasteiger partial charge in [-0.25, -0.2) is 9.78 Å². The van der Waals surface area contributed by atoms with Crippen LogP contribution in [0.3, 0.4) is 0 Å². The number of aromatic nitrogens is 2. The molecule has 2 aromatic carbocycles. The molecule has 3 heterocycles. The highest BCUT2D eigenvalue weighted by Gasteiger charge is 2.23. The van der Waals surface area contributed by atoms with Gasteiger partial charge in [-0.3, -0.25) is 0 Å². The average molecular weight is 461 g/mol. The van der Waals surface area contributed by atoms with Crippen molar-refractivity contribution < 1.29 is 14.3 Å². The van der Waals surface area contributed by atoms with Gasteiger partial charge >= 0.3 is 6.03 Å². The molecule has 0 spiro atoms. The molecule has 9 heteroatoms. The first-order valence-corrected chi connectivity index (χ1v) is 11.4. The van der Waals surface area contributed by atoms with Crippen LogP contribution in [0.15, 0.2) is 48.5 Å². The number of benzene rings is 2. The number of anilines is 4. The number of hydrogen-bond acceptors (Lipinski definition) is 7. The zero-order chi connectivity index (χ0) is 23.5. The molecule has 1 fully saturated rings. The fourth-order valence-corrected chi connectivity index (χ4v) is 4.00. The number of hydrogen-bond donors (Lipinski definition) is 2. The van der Waals surface area contributed by atoms with Gasteiger partial charge in [0.05, 0.1) is 0 Å². The maximum absolute atomic E-state index is 12.8. The van der Waals surface area contributed by atoms with Gasteiger partial charge in [0.2, 0.25) is 5.95 Å². The monoisotopic (exact) mass is 460 g/mol. The summed E-state index contributed by atoms with van der Waals surface area (Å²) < 4.78 is 11.1. The Hall–Kier alpha value is -4.01. The summed E-state index contributed by atoms with van der Waals surface area (Å²) in [6, 6.07) is 15.4. The molecule has 2 aliphatic heterocycles. The van der Waals surface area contributed by atoms with Crippen molar-refractivity contribution in [1.29, 1.82) is 0 Å². The number of nitrogens with zero attached hydrogens (tertiary/aromatic N) is 4. The third kappa shape index (κ3) is 4.98. The van der Waals surface area contributed by atoms with Crippen molar-refractivity contribution in [2.24, 2.45) is 0 Å². The van der Waals surface area contributed by atoms with Gasteiger partial charge in [0.1, 0.15) is 19.0 Å². The summed E-state index contributed by atoms with van der Waals surface area (Å²) in [7, 11) is 0. The maximum Gasteiger partial charge on any atom is 0.321 e. The normalized spacial score (nSPS) is 15.1. The van der Waals surface area contributed by atoms with Crippen molar-refractivity contribution in [2.45, 2.75) is 13.8 Å². The van der Waals surface area contributed by atoms with Crippen molar-refractivity contribution in [2.75, 3.05) is 54.9 Å². The molecule has 9 nitrogen and oxygen atoms in total. The average Bonchev–Trinajstić information content (AvgIpc) is 2.85. The largest absolute Gasteiger partial charge is 0.486 e. The highest BCUT2D eigenvalue weighted by molar-refractivity contribution is 5.90. The van der Waals surface area contributed by atoms with E-state index in [1.165, 1.54) is 5.56 Å². The zero-order valence-electron chi connectivity index (χ0n) is 19.4. The minimum absolute atomic E-state index is 0.128. The van der Waals surface area contributed by atoms with E-state index in [1.54, 1.807) is 6.07 Å². The molecular weight excluding hydrogens is 432 g/mol. The summed E-state index contributed by atoms with van der Waals surface area (Å²) in [6.07, 6.45) is 0. The first kappa shape index (κ1) is 21.8. The number of urea groups is 1. The van der Waals surface area contributed by atoms with Crippen LogP contribution in [0, 0.1) is 13.8 Å². The number of rotatable bonds is 4. The molecule has 3 aromatic rings. The standard InChI is InChI=1S/C25H28N6O3/c1-17-3-5-19(6-4-17)27-24-26-18(2)15-23(29-24)30-9-11-31(12-10-30)25(32)28-20-7-8-21-22(16-20)34-14-13-33-21/h3-8,15-16H,9-14H2,1-2H3,(H,28,32)(H,26,27,29). The summed E-state index contributed by atoms with van der Waals surface area (Å²) in [5, 5.41) is 6.25. The van der Waals surface area contributed by atoms with Gasteiger partial charge in [-0.15, -0.1) is 0 Å². The number of aryl methyl sites for hydroxylation is 2. The molecule has 0 atom stereocenters. The van der Waals surface area contributed by atoms with Crippen molar-refractivity contribution in [3.05, 3.63) is 59.8 Å². The molecule has 0 bridgehead atoms. The van der Waals surface area contributed by atoms with E-state index < -0.39 is 0 Å². The molecule has 5 rings (SSSR count). The SMILES string of the molecule is Cc1ccc(Nc2nc(C)cc(N3CCN(C(=O)Nc4ccc5c(c4)OCCO5)CC3)n2)cc1. The van der Waals surface area contributed by atoms with Crippen molar-refractivity contribution in [3.8, 4) is 11.5 Å². The van der Waals surface area contributed by atoms with Crippen molar-refractivity contribution >= 4 is 29.2 Å². The summed E-state index contributed by atoms with van der Waals surface area (Å²) in [5.41, 5.74) is 3.73. The van der Waals surface area contributed by atoms with Gasteiger partial charge < -0.3 is 29.9 Å². The van der Waals surface area contributed by atoms with E-state index in [-0.39, 0.29) is 6.03 Å². The second-order valence-corrected chi connectivity index (χ2v) is 8.44. The Bertz CT molecular complexity index is 1180. The number of fused-ring (bicyclic) bond motifs is 1. The Morgan fingerprint density at radius 2 is 1.56 bits per heavy atom. The first-order valence-electron chi connectivity index (χ1n) is 11.4. The number of carbonyl (C=O) groups excluding carboxylic acids is 1. The van der Waals surface area contributed by atoms with Gasteiger partial charge in [0, 0.05) is 55.4 Å².